The zero-order valence-corrected chi connectivity index (χ0v) is 16.6. The Balaban J connectivity index is 1.93. The summed E-state index contributed by atoms with van der Waals surface area (Å²) in [6, 6.07) is 0.386. The highest BCUT2D eigenvalue weighted by molar-refractivity contribution is 7.29. The van der Waals surface area contributed by atoms with Gasteiger partial charge in [0.1, 0.15) is 18.2 Å². The minimum Gasteiger partial charge on any atom is -0.431 e. The fraction of sp³-hybridized carbons (Fsp3) is 0.562. The van der Waals surface area contributed by atoms with Crippen LogP contribution in [0.25, 0.3) is 0 Å². The molecule has 1 fully saturated rings. The lowest BCUT2D eigenvalue weighted by Gasteiger charge is -2.24. The molecule has 0 aromatic carbocycles. The van der Waals surface area contributed by atoms with Gasteiger partial charge in [-0.1, -0.05) is 6.58 Å². The molecule has 0 bridgehead atoms. The number of carbonyl (C=O) groups excluding carboxylic acids is 1. The Labute approximate surface area is 161 Å². The van der Waals surface area contributed by atoms with E-state index in [9.17, 15) is 23.9 Å². The number of aliphatic hydroxyl groups is 1. The number of carbonyl (C=O) groups is 1. The van der Waals surface area contributed by atoms with E-state index in [1.165, 1.54) is 0 Å². The van der Waals surface area contributed by atoms with E-state index >= 15 is 0 Å². The number of aromatic amines is 1. The monoisotopic (exact) mass is 419 g/mol. The number of ether oxygens (including phenoxy) is 2. The summed E-state index contributed by atoms with van der Waals surface area (Å²) in [6.07, 6.45) is -2.99. The van der Waals surface area contributed by atoms with Crippen LogP contribution in [0.4, 0.5) is 4.39 Å². The summed E-state index contributed by atoms with van der Waals surface area (Å²) in [5.74, 6) is -0.272. The fourth-order valence-electron chi connectivity index (χ4n) is 2.54. The van der Waals surface area contributed by atoms with Gasteiger partial charge in [-0.2, -0.15) is 0 Å². The highest BCUT2D eigenvalue weighted by Gasteiger charge is 2.55. The van der Waals surface area contributed by atoms with Crippen molar-refractivity contribution in [2.75, 3.05) is 6.61 Å². The number of esters is 1. The van der Waals surface area contributed by atoms with Crippen LogP contribution in [0.1, 0.15) is 27.0 Å². The number of alkyl halides is 1. The normalized spacial score (nSPS) is 28.5. The van der Waals surface area contributed by atoms with Crippen LogP contribution in [0.15, 0.2) is 34.2 Å². The molecule has 2 rings (SSSR count). The van der Waals surface area contributed by atoms with E-state index in [4.69, 9.17) is 14.0 Å². The van der Waals surface area contributed by atoms with Gasteiger partial charge < -0.3 is 19.1 Å². The highest BCUT2D eigenvalue weighted by atomic mass is 31.1. The molecule has 0 amide bonds. The van der Waals surface area contributed by atoms with Gasteiger partial charge in [0.25, 0.3) is 5.56 Å². The van der Waals surface area contributed by atoms with Crippen LogP contribution in [0, 0.1) is 0 Å². The van der Waals surface area contributed by atoms with E-state index in [1.54, 1.807) is 13.8 Å². The number of aromatic nitrogens is 2. The minimum absolute atomic E-state index is 0.191. The summed E-state index contributed by atoms with van der Waals surface area (Å²) in [7, 11) is -0.355. The Morgan fingerprint density at radius 1 is 1.61 bits per heavy atom. The molecule has 12 heteroatoms. The van der Waals surface area contributed by atoms with Crippen molar-refractivity contribution < 1.29 is 28.3 Å². The molecule has 6 atom stereocenters. The summed E-state index contributed by atoms with van der Waals surface area (Å²) in [6.45, 7) is 7.48. The van der Waals surface area contributed by atoms with Crippen LogP contribution in [-0.4, -0.2) is 51.2 Å². The lowest BCUT2D eigenvalue weighted by molar-refractivity contribution is -0.140. The van der Waals surface area contributed by atoms with Gasteiger partial charge in [0.05, 0.1) is 21.3 Å². The Morgan fingerprint density at radius 3 is 2.89 bits per heavy atom. The molecule has 10 nitrogen and oxygen atoms in total. The number of halogens is 1. The average Bonchev–Trinajstić information content (AvgIpc) is 2.81. The Hall–Kier alpha value is -1.91. The second-order valence-electron chi connectivity index (χ2n) is 6.54. The van der Waals surface area contributed by atoms with Crippen LogP contribution in [0.3, 0.4) is 0 Å². The number of hydrogen-bond acceptors (Lipinski definition) is 8. The molecular formula is C16H23FN3O7P. The Morgan fingerprint density at radius 2 is 2.29 bits per heavy atom. The number of allylic oxidation sites excluding steroid dienone is 1. The van der Waals surface area contributed by atoms with Gasteiger partial charge in [-0.15, -0.1) is 0 Å². The van der Waals surface area contributed by atoms with Crippen molar-refractivity contribution in [3.63, 3.8) is 0 Å². The lowest BCUT2D eigenvalue weighted by Crippen LogP contribution is -2.43. The second kappa shape index (κ2) is 9.06. The first kappa shape index (κ1) is 22.4. The second-order valence-corrected chi connectivity index (χ2v) is 7.32. The quantitative estimate of drug-likeness (QED) is 0.234. The smallest absolute Gasteiger partial charge is 0.330 e. The maximum atomic E-state index is 15.0. The SMILES string of the molecule is C=C(C)OC(=O)[C@H](C)NPOC[C@H]1O[C@@H](n2ccc(=O)[nH]c2=O)[C@](C)(F)[C@@H]1O. The molecule has 1 saturated heterocycles. The average molecular weight is 419 g/mol. The molecule has 1 aromatic rings. The zero-order chi connectivity index (χ0) is 21.1. The van der Waals surface area contributed by atoms with Gasteiger partial charge >= 0.3 is 11.7 Å². The van der Waals surface area contributed by atoms with Gasteiger partial charge in [-0.05, 0) is 20.8 Å². The van der Waals surface area contributed by atoms with Gasteiger partial charge in [-0.3, -0.25) is 19.4 Å². The predicted molar refractivity (Wildman–Crippen MR) is 98.5 cm³/mol. The standard InChI is InChI=1S/C16H23FN3O7P/c1-8(2)26-13(23)9(3)19-28-25-7-10-12(22)16(4,17)14(27-10)20-6-5-11(21)18-15(20)24/h5-6,9-10,12,14,19,22,28H,1,7H2,2-4H3,(H,18,21,24)/t9-,10+,12+,14+,16+/m0/s1. The third kappa shape index (κ3) is 5.12. The van der Waals surface area contributed by atoms with E-state index in [-0.39, 0.29) is 21.3 Å². The maximum Gasteiger partial charge on any atom is 0.330 e. The molecule has 0 radical (unpaired) electrons. The zero-order valence-electron chi connectivity index (χ0n) is 15.6. The summed E-state index contributed by atoms with van der Waals surface area (Å²) in [5, 5.41) is 13.0. The molecule has 0 spiro atoms. The van der Waals surface area contributed by atoms with Gasteiger partial charge in [0.15, 0.2) is 11.9 Å². The molecular weight excluding hydrogens is 396 g/mol. The number of hydrogen-bond donors (Lipinski definition) is 3. The number of nitrogens with one attached hydrogen (secondary N) is 2. The molecule has 2 heterocycles. The van der Waals surface area contributed by atoms with E-state index < -0.39 is 47.4 Å². The molecule has 1 aliphatic rings. The van der Waals surface area contributed by atoms with E-state index in [1.807, 2.05) is 4.98 Å². The first-order chi connectivity index (χ1) is 13.0. The summed E-state index contributed by atoms with van der Waals surface area (Å²) < 4.78 is 31.5. The first-order valence-corrected chi connectivity index (χ1v) is 9.28. The molecule has 3 N–H and O–H groups in total. The van der Waals surface area contributed by atoms with Crippen LogP contribution in [0.5, 0.6) is 0 Å². The van der Waals surface area contributed by atoms with Crippen molar-refractivity contribution in [3.8, 4) is 0 Å². The largest absolute Gasteiger partial charge is 0.431 e. The van der Waals surface area contributed by atoms with E-state index in [2.05, 4.69) is 11.7 Å². The Kier molecular flexibility index (Phi) is 7.24. The van der Waals surface area contributed by atoms with E-state index in [0.717, 1.165) is 23.8 Å². The molecule has 0 saturated carbocycles. The molecule has 0 aliphatic carbocycles. The van der Waals surface area contributed by atoms with Crippen molar-refractivity contribution in [1.82, 2.24) is 14.6 Å². The van der Waals surface area contributed by atoms with Crippen molar-refractivity contribution in [1.29, 1.82) is 0 Å². The van der Waals surface area contributed by atoms with Crippen molar-refractivity contribution in [3.05, 3.63) is 45.4 Å². The number of rotatable bonds is 8. The van der Waals surface area contributed by atoms with Crippen molar-refractivity contribution in [2.45, 2.75) is 50.9 Å². The van der Waals surface area contributed by atoms with Crippen LogP contribution in [-0.2, 0) is 18.8 Å². The first-order valence-electron chi connectivity index (χ1n) is 8.37. The van der Waals surface area contributed by atoms with Crippen LogP contribution in [0.2, 0.25) is 0 Å². The lowest BCUT2D eigenvalue weighted by atomic mass is 9.98. The molecule has 1 aromatic heterocycles. The number of nitrogens with zero attached hydrogens (tertiary/aromatic N) is 1. The molecule has 156 valence electrons. The summed E-state index contributed by atoms with van der Waals surface area (Å²) in [5.41, 5.74) is -3.79. The summed E-state index contributed by atoms with van der Waals surface area (Å²) >= 11 is 0. The molecule has 28 heavy (non-hydrogen) atoms. The van der Waals surface area contributed by atoms with Crippen LogP contribution >= 0.6 is 8.96 Å². The predicted octanol–water partition coefficient (Wildman–Crippen LogP) is 0.103. The third-order valence-corrected chi connectivity index (χ3v) is 4.91. The van der Waals surface area contributed by atoms with Gasteiger partial charge in [-0.25, -0.2) is 14.0 Å². The van der Waals surface area contributed by atoms with Gasteiger partial charge in [0.2, 0.25) is 0 Å². The van der Waals surface area contributed by atoms with Crippen molar-refractivity contribution in [2.24, 2.45) is 0 Å². The third-order valence-electron chi connectivity index (χ3n) is 4.04. The number of aliphatic hydroxyl groups excluding tert-OH is 1. The highest BCUT2D eigenvalue weighted by Crippen LogP contribution is 2.40. The fourth-order valence-corrected chi connectivity index (χ4v) is 3.16. The Bertz CT molecular complexity index is 840. The summed E-state index contributed by atoms with van der Waals surface area (Å²) in [4.78, 5) is 36.7. The van der Waals surface area contributed by atoms with Crippen molar-refractivity contribution >= 4 is 14.9 Å². The topological polar surface area (TPSA) is 132 Å². The van der Waals surface area contributed by atoms with E-state index in [0.29, 0.717) is 0 Å². The maximum absolute atomic E-state index is 15.0. The molecule has 1 aliphatic heterocycles. The molecule has 1 unspecified atom stereocenters. The number of H-pyrrole nitrogens is 1. The van der Waals surface area contributed by atoms with Gasteiger partial charge in [0, 0.05) is 12.3 Å². The minimum atomic E-state index is -2.30. The van der Waals surface area contributed by atoms with Crippen LogP contribution < -0.4 is 16.3 Å².